The molecule has 1 aliphatic heterocycles. The molecule has 0 radical (unpaired) electrons. The molecule has 0 fully saturated rings. The van der Waals surface area contributed by atoms with Crippen molar-refractivity contribution < 1.29 is 9.53 Å². The van der Waals surface area contributed by atoms with E-state index in [-0.39, 0.29) is 5.97 Å². The van der Waals surface area contributed by atoms with Crippen LogP contribution in [0.25, 0.3) is 10.9 Å². The maximum Gasteiger partial charge on any atom is 0.340 e. The van der Waals surface area contributed by atoms with E-state index in [1.54, 1.807) is 18.3 Å². The topological polar surface area (TPSA) is 108 Å². The number of nitrogens with zero attached hydrogens (tertiary/aromatic N) is 4. The fourth-order valence-electron chi connectivity index (χ4n) is 4.05. The van der Waals surface area contributed by atoms with Gasteiger partial charge in [0.1, 0.15) is 17.2 Å². The number of carbonyl (C=O) groups excluding carboxylic acids is 1. The number of aryl methyl sites for hydroxylation is 1. The molecule has 0 amide bonds. The van der Waals surface area contributed by atoms with Gasteiger partial charge in [0.25, 0.3) is 0 Å². The van der Waals surface area contributed by atoms with Crippen molar-refractivity contribution in [3.8, 4) is 0 Å². The molecule has 0 aliphatic carbocycles. The first kappa shape index (κ1) is 20.3. The monoisotopic (exact) mass is 408 g/mol. The first-order valence-electron chi connectivity index (χ1n) is 10.2. The molecular formula is C22H28N6O2. The Morgan fingerprint density at radius 2 is 2.10 bits per heavy atom. The van der Waals surface area contributed by atoms with Crippen molar-refractivity contribution in [1.82, 2.24) is 19.7 Å². The molecule has 8 nitrogen and oxygen atoms in total. The van der Waals surface area contributed by atoms with Crippen molar-refractivity contribution in [2.24, 2.45) is 12.8 Å². The van der Waals surface area contributed by atoms with E-state index in [0.717, 1.165) is 35.1 Å². The lowest BCUT2D eigenvalue weighted by Crippen LogP contribution is -2.36. The number of aromatic nitrogens is 4. The lowest BCUT2D eigenvalue weighted by Gasteiger charge is -2.30. The number of hydrogen-bond acceptors (Lipinski definition) is 7. The summed E-state index contributed by atoms with van der Waals surface area (Å²) in [5.74, 6) is 0.938. The Morgan fingerprint density at radius 3 is 2.83 bits per heavy atom. The van der Waals surface area contributed by atoms with Crippen LogP contribution >= 0.6 is 0 Å². The molecule has 0 saturated heterocycles. The Labute approximate surface area is 175 Å². The van der Waals surface area contributed by atoms with Gasteiger partial charge in [-0.2, -0.15) is 5.10 Å². The summed E-state index contributed by atoms with van der Waals surface area (Å²) in [6, 6.07) is 5.46. The van der Waals surface area contributed by atoms with Crippen LogP contribution in [0.15, 0.2) is 24.4 Å². The van der Waals surface area contributed by atoms with Crippen LogP contribution in [-0.2, 0) is 23.7 Å². The molecule has 3 N–H and O–H groups in total. The zero-order valence-corrected chi connectivity index (χ0v) is 18.1. The maximum absolute atomic E-state index is 12.2. The predicted molar refractivity (Wildman–Crippen MR) is 116 cm³/mol. The van der Waals surface area contributed by atoms with E-state index in [1.165, 1.54) is 0 Å². The Morgan fingerprint density at radius 1 is 1.33 bits per heavy atom. The summed E-state index contributed by atoms with van der Waals surface area (Å²) >= 11 is 0. The Hall–Kier alpha value is -3.00. The van der Waals surface area contributed by atoms with E-state index < -0.39 is 11.1 Å². The highest BCUT2D eigenvalue weighted by molar-refractivity contribution is 5.92. The number of fused-ring (bicyclic) bond motifs is 2. The van der Waals surface area contributed by atoms with E-state index >= 15 is 0 Å². The third kappa shape index (κ3) is 3.63. The van der Waals surface area contributed by atoms with Gasteiger partial charge in [0.15, 0.2) is 0 Å². The number of pyridine rings is 2. The normalized spacial score (nSPS) is 17.3. The highest BCUT2D eigenvalue weighted by Gasteiger charge is 2.33. The number of anilines is 2. The molecule has 3 aromatic rings. The molecule has 1 aliphatic rings. The minimum absolute atomic E-state index is 0.335. The second-order valence-corrected chi connectivity index (χ2v) is 8.87. The van der Waals surface area contributed by atoms with E-state index in [9.17, 15) is 4.79 Å². The molecule has 1 atom stereocenters. The number of esters is 1. The Balaban J connectivity index is 1.69. The Bertz CT molecular complexity index is 1130. The number of cyclic esters (lactones) is 1. The zero-order chi connectivity index (χ0) is 21.7. The van der Waals surface area contributed by atoms with Crippen molar-refractivity contribution >= 4 is 28.5 Å². The number of nitrogens with two attached hydrogens (primary N) is 1. The van der Waals surface area contributed by atoms with Gasteiger partial charge in [-0.1, -0.05) is 13.3 Å². The standard InChI is InChI=1S/C22H28N6O2/c1-6-9-22(4,23)19-14-10-18(24-12-16(14)28(5)27-19)26-17-8-7-13-15(25-17)11-21(2,3)30-20(13)29/h7-8,10,12H,6,9,11,23H2,1-5H3,(H,24,25,26). The summed E-state index contributed by atoms with van der Waals surface area (Å²) in [6.45, 7) is 7.89. The van der Waals surface area contributed by atoms with Crippen LogP contribution in [-0.4, -0.2) is 31.3 Å². The molecule has 0 aromatic carbocycles. The summed E-state index contributed by atoms with van der Waals surface area (Å²) in [5, 5.41) is 8.89. The molecule has 4 rings (SSSR count). The lowest BCUT2D eigenvalue weighted by atomic mass is 9.91. The third-order valence-corrected chi connectivity index (χ3v) is 5.46. The van der Waals surface area contributed by atoms with Crippen molar-refractivity contribution in [3.63, 3.8) is 0 Å². The molecule has 8 heteroatoms. The second kappa shape index (κ2) is 7.05. The van der Waals surface area contributed by atoms with Gasteiger partial charge in [-0.25, -0.2) is 14.8 Å². The van der Waals surface area contributed by atoms with Gasteiger partial charge in [0, 0.05) is 18.9 Å². The summed E-state index contributed by atoms with van der Waals surface area (Å²) in [5.41, 5.74) is 8.49. The van der Waals surface area contributed by atoms with Crippen molar-refractivity contribution in [2.45, 2.75) is 58.1 Å². The average molecular weight is 409 g/mol. The predicted octanol–water partition coefficient (Wildman–Crippen LogP) is 3.57. The molecule has 30 heavy (non-hydrogen) atoms. The molecule has 1 unspecified atom stereocenters. The summed E-state index contributed by atoms with van der Waals surface area (Å²) in [7, 11) is 1.90. The first-order valence-corrected chi connectivity index (χ1v) is 10.2. The lowest BCUT2D eigenvalue weighted by molar-refractivity contribution is -0.00714. The van der Waals surface area contributed by atoms with Gasteiger partial charge >= 0.3 is 5.97 Å². The highest BCUT2D eigenvalue weighted by Crippen LogP contribution is 2.31. The van der Waals surface area contributed by atoms with Crippen LogP contribution in [0.3, 0.4) is 0 Å². The number of ether oxygens (including phenoxy) is 1. The molecule has 3 aromatic heterocycles. The van der Waals surface area contributed by atoms with Crippen LogP contribution in [0.4, 0.5) is 11.6 Å². The average Bonchev–Trinajstić information content (AvgIpc) is 2.97. The van der Waals surface area contributed by atoms with E-state index in [2.05, 4.69) is 27.3 Å². The fourth-order valence-corrected chi connectivity index (χ4v) is 4.05. The van der Waals surface area contributed by atoms with Gasteiger partial charge in [-0.15, -0.1) is 0 Å². The van der Waals surface area contributed by atoms with Crippen molar-refractivity contribution in [1.29, 1.82) is 0 Å². The van der Waals surface area contributed by atoms with Crippen LogP contribution < -0.4 is 11.1 Å². The SMILES string of the molecule is CCCC(C)(N)c1nn(C)c2cnc(Nc3ccc4c(n3)CC(C)(C)OC4=O)cc12. The maximum atomic E-state index is 12.2. The number of nitrogens with one attached hydrogen (secondary N) is 1. The summed E-state index contributed by atoms with van der Waals surface area (Å²) in [4.78, 5) is 21.3. The fraction of sp³-hybridized carbons (Fsp3) is 0.455. The number of carbonyl (C=O) groups is 1. The largest absolute Gasteiger partial charge is 0.456 e. The molecule has 4 heterocycles. The number of rotatable bonds is 5. The summed E-state index contributed by atoms with van der Waals surface area (Å²) in [6.07, 6.45) is 4.15. The van der Waals surface area contributed by atoms with E-state index in [1.807, 2.05) is 38.6 Å². The zero-order valence-electron chi connectivity index (χ0n) is 18.1. The minimum atomic E-state index is -0.567. The van der Waals surface area contributed by atoms with Crippen LogP contribution in [0.5, 0.6) is 0 Å². The van der Waals surface area contributed by atoms with Gasteiger partial charge in [0.05, 0.1) is 34.2 Å². The van der Waals surface area contributed by atoms with Gasteiger partial charge in [-0.3, -0.25) is 4.68 Å². The third-order valence-electron chi connectivity index (χ3n) is 5.46. The molecule has 0 spiro atoms. The minimum Gasteiger partial charge on any atom is -0.456 e. The first-order chi connectivity index (χ1) is 14.1. The van der Waals surface area contributed by atoms with Crippen LogP contribution in [0.2, 0.25) is 0 Å². The van der Waals surface area contributed by atoms with Crippen LogP contribution in [0, 0.1) is 0 Å². The summed E-state index contributed by atoms with van der Waals surface area (Å²) < 4.78 is 7.25. The molecule has 0 saturated carbocycles. The van der Waals surface area contributed by atoms with Crippen LogP contribution in [0.1, 0.15) is 62.3 Å². The second-order valence-electron chi connectivity index (χ2n) is 8.87. The van der Waals surface area contributed by atoms with E-state index in [4.69, 9.17) is 10.5 Å². The van der Waals surface area contributed by atoms with Crippen molar-refractivity contribution in [2.75, 3.05) is 5.32 Å². The van der Waals surface area contributed by atoms with Gasteiger partial charge in [0.2, 0.25) is 0 Å². The quantitative estimate of drug-likeness (QED) is 0.621. The molecular weight excluding hydrogens is 380 g/mol. The van der Waals surface area contributed by atoms with E-state index in [0.29, 0.717) is 23.6 Å². The molecule has 0 bridgehead atoms. The Kier molecular flexibility index (Phi) is 4.77. The van der Waals surface area contributed by atoms with Crippen molar-refractivity contribution in [3.05, 3.63) is 41.3 Å². The van der Waals surface area contributed by atoms with Gasteiger partial charge in [-0.05, 0) is 45.4 Å². The highest BCUT2D eigenvalue weighted by atomic mass is 16.6. The molecule has 158 valence electrons. The smallest absolute Gasteiger partial charge is 0.340 e. The van der Waals surface area contributed by atoms with Gasteiger partial charge < -0.3 is 15.8 Å². The number of hydrogen-bond donors (Lipinski definition) is 2.